The second-order valence-corrected chi connectivity index (χ2v) is 7.53. The summed E-state index contributed by atoms with van der Waals surface area (Å²) in [5.74, 6) is -0.537. The first-order valence-electron chi connectivity index (χ1n) is 10.2. The number of benzene rings is 4. The van der Waals surface area contributed by atoms with E-state index in [0.717, 1.165) is 21.5 Å². The topological polar surface area (TPSA) is 78.8 Å². The molecule has 1 aliphatic rings. The molecular formula is C25H19N3O3. The van der Waals surface area contributed by atoms with Gasteiger partial charge in [-0.15, -0.1) is 4.91 Å². The van der Waals surface area contributed by atoms with Crippen molar-refractivity contribution in [2.24, 2.45) is 5.18 Å². The molecular weight excluding hydrogens is 390 g/mol. The number of nitrogens with zero attached hydrogens (tertiary/aromatic N) is 2. The smallest absolute Gasteiger partial charge is 0.261 e. The van der Waals surface area contributed by atoms with Gasteiger partial charge in [0.25, 0.3) is 11.8 Å². The summed E-state index contributed by atoms with van der Waals surface area (Å²) in [5.41, 5.74) is 2.12. The third-order valence-electron chi connectivity index (χ3n) is 5.72. The Kier molecular flexibility index (Phi) is 4.67. The maximum absolute atomic E-state index is 13.0. The number of amides is 2. The molecule has 0 atom stereocenters. The normalized spacial score (nSPS) is 13.1. The highest BCUT2D eigenvalue weighted by molar-refractivity contribution is 6.25. The summed E-state index contributed by atoms with van der Waals surface area (Å²) in [7, 11) is 0. The Labute approximate surface area is 178 Å². The molecule has 1 aliphatic heterocycles. The number of hydrogen-bond acceptors (Lipinski definition) is 5. The van der Waals surface area contributed by atoms with Gasteiger partial charge in [0, 0.05) is 35.0 Å². The molecule has 5 rings (SSSR count). The minimum atomic E-state index is -0.268. The van der Waals surface area contributed by atoms with E-state index in [9.17, 15) is 14.5 Å². The van der Waals surface area contributed by atoms with E-state index in [1.165, 1.54) is 4.90 Å². The van der Waals surface area contributed by atoms with Crippen molar-refractivity contribution in [2.75, 3.05) is 18.4 Å². The van der Waals surface area contributed by atoms with E-state index in [1.54, 1.807) is 12.1 Å². The Bertz CT molecular complexity index is 1310. The molecule has 0 unspecified atom stereocenters. The first-order valence-corrected chi connectivity index (χ1v) is 10.2. The van der Waals surface area contributed by atoms with Gasteiger partial charge in [-0.2, -0.15) is 0 Å². The number of carbonyl (C=O) groups excluding carboxylic acids is 2. The van der Waals surface area contributed by atoms with Gasteiger partial charge in [0.05, 0.1) is 5.69 Å². The number of rotatable bonds is 6. The van der Waals surface area contributed by atoms with Crippen molar-refractivity contribution in [3.8, 4) is 0 Å². The monoisotopic (exact) mass is 409 g/mol. The molecule has 4 aromatic rings. The quantitative estimate of drug-likeness (QED) is 0.259. The molecule has 0 bridgehead atoms. The number of hydrogen-bond donors (Lipinski definition) is 1. The summed E-state index contributed by atoms with van der Waals surface area (Å²) < 4.78 is 0. The van der Waals surface area contributed by atoms with Crippen molar-refractivity contribution in [3.63, 3.8) is 0 Å². The fraction of sp³-hybridized carbons (Fsp3) is 0.120. The van der Waals surface area contributed by atoms with Gasteiger partial charge in [0.2, 0.25) is 0 Å². The Morgan fingerprint density at radius 3 is 2.16 bits per heavy atom. The number of fused-ring (bicyclic) bond motifs is 1. The number of nitroso groups, excluding NO2 is 1. The van der Waals surface area contributed by atoms with Crippen molar-refractivity contribution in [2.45, 2.75) is 6.42 Å². The lowest BCUT2D eigenvalue weighted by molar-refractivity contribution is 0.0610. The molecule has 0 fully saturated rings. The summed E-state index contributed by atoms with van der Waals surface area (Å²) in [5, 5.41) is 9.78. The van der Waals surface area contributed by atoms with Crippen LogP contribution >= 0.6 is 0 Å². The van der Waals surface area contributed by atoms with E-state index in [2.05, 4.69) is 10.5 Å². The predicted octanol–water partition coefficient (Wildman–Crippen LogP) is 5.49. The molecule has 0 saturated carbocycles. The van der Waals surface area contributed by atoms with Crippen LogP contribution in [0, 0.1) is 4.91 Å². The Balaban J connectivity index is 1.32. The minimum absolute atomic E-state index is 0.268. The summed E-state index contributed by atoms with van der Waals surface area (Å²) in [6.45, 7) is 0.774. The molecule has 0 spiro atoms. The van der Waals surface area contributed by atoms with Crippen LogP contribution in [0.4, 0.5) is 11.4 Å². The Morgan fingerprint density at radius 2 is 1.45 bits per heavy atom. The molecule has 2 amide bonds. The zero-order chi connectivity index (χ0) is 21.4. The van der Waals surface area contributed by atoms with Crippen molar-refractivity contribution in [3.05, 3.63) is 88.8 Å². The molecule has 31 heavy (non-hydrogen) atoms. The highest BCUT2D eigenvalue weighted by Crippen LogP contribution is 2.34. The van der Waals surface area contributed by atoms with Crippen molar-refractivity contribution >= 4 is 44.7 Å². The van der Waals surface area contributed by atoms with Crippen LogP contribution in [-0.4, -0.2) is 29.8 Å². The molecule has 0 radical (unpaired) electrons. The second kappa shape index (κ2) is 7.65. The summed E-state index contributed by atoms with van der Waals surface area (Å²) in [4.78, 5) is 38.6. The van der Waals surface area contributed by atoms with Crippen LogP contribution in [0.5, 0.6) is 0 Å². The van der Waals surface area contributed by atoms with E-state index in [-0.39, 0.29) is 18.4 Å². The standard InChI is InChI=1S/C25H19N3O3/c29-24-19-10-3-7-17-8-4-11-20(22(17)19)25(30)28(24)15-5-14-26-21-13-12-16-6-1-2-9-18(16)23(21)27-31/h1-4,6-13,26H,5,14-15H2. The van der Waals surface area contributed by atoms with Crippen LogP contribution in [0.15, 0.2) is 78.0 Å². The van der Waals surface area contributed by atoms with Crippen LogP contribution in [0.2, 0.25) is 0 Å². The predicted molar refractivity (Wildman–Crippen MR) is 122 cm³/mol. The summed E-state index contributed by atoms with van der Waals surface area (Å²) in [6, 6.07) is 22.4. The van der Waals surface area contributed by atoms with Crippen LogP contribution in [0.25, 0.3) is 21.5 Å². The maximum atomic E-state index is 13.0. The molecule has 1 heterocycles. The van der Waals surface area contributed by atoms with Crippen LogP contribution in [-0.2, 0) is 0 Å². The molecule has 6 nitrogen and oxygen atoms in total. The number of nitrogens with one attached hydrogen (secondary N) is 1. The van der Waals surface area contributed by atoms with Crippen molar-refractivity contribution in [1.82, 2.24) is 4.90 Å². The van der Waals surface area contributed by atoms with Crippen LogP contribution in [0.1, 0.15) is 27.1 Å². The van der Waals surface area contributed by atoms with Gasteiger partial charge in [0.1, 0.15) is 5.69 Å². The van der Waals surface area contributed by atoms with E-state index < -0.39 is 0 Å². The average molecular weight is 409 g/mol. The Hall–Kier alpha value is -4.06. The fourth-order valence-electron chi connectivity index (χ4n) is 4.24. The average Bonchev–Trinajstić information content (AvgIpc) is 2.81. The van der Waals surface area contributed by atoms with Gasteiger partial charge in [-0.1, -0.05) is 54.6 Å². The van der Waals surface area contributed by atoms with E-state index in [1.807, 2.05) is 60.7 Å². The van der Waals surface area contributed by atoms with Crippen molar-refractivity contribution < 1.29 is 9.59 Å². The minimum Gasteiger partial charge on any atom is -0.383 e. The summed E-state index contributed by atoms with van der Waals surface area (Å²) in [6.07, 6.45) is 0.542. The number of anilines is 1. The second-order valence-electron chi connectivity index (χ2n) is 7.53. The first-order chi connectivity index (χ1) is 15.2. The molecule has 6 heteroatoms. The molecule has 4 aromatic carbocycles. The van der Waals surface area contributed by atoms with Gasteiger partial charge >= 0.3 is 0 Å². The van der Waals surface area contributed by atoms with E-state index in [4.69, 9.17) is 0 Å². The van der Waals surface area contributed by atoms with Gasteiger partial charge in [-0.25, -0.2) is 0 Å². The SMILES string of the molecule is O=Nc1c(NCCCN2C(=O)c3cccc4cccc(c34)C2=O)ccc2ccccc12. The molecule has 152 valence electrons. The number of imide groups is 1. The van der Waals surface area contributed by atoms with Crippen LogP contribution in [0.3, 0.4) is 0 Å². The summed E-state index contributed by atoms with van der Waals surface area (Å²) >= 11 is 0. The highest BCUT2D eigenvalue weighted by atomic mass is 16.3. The van der Waals surface area contributed by atoms with Crippen molar-refractivity contribution in [1.29, 1.82) is 0 Å². The zero-order valence-corrected chi connectivity index (χ0v) is 16.7. The molecule has 0 saturated heterocycles. The lowest BCUT2D eigenvalue weighted by atomic mass is 9.94. The van der Waals surface area contributed by atoms with Gasteiger partial charge in [0.15, 0.2) is 0 Å². The van der Waals surface area contributed by atoms with Gasteiger partial charge in [-0.05, 0) is 40.6 Å². The maximum Gasteiger partial charge on any atom is 0.261 e. The largest absolute Gasteiger partial charge is 0.383 e. The third kappa shape index (κ3) is 3.13. The molecule has 1 N–H and O–H groups in total. The van der Waals surface area contributed by atoms with E-state index >= 15 is 0 Å². The van der Waals surface area contributed by atoms with Gasteiger partial charge < -0.3 is 5.32 Å². The molecule has 0 aromatic heterocycles. The molecule has 0 aliphatic carbocycles. The first kappa shape index (κ1) is 18.9. The highest BCUT2D eigenvalue weighted by Gasteiger charge is 2.32. The Morgan fingerprint density at radius 1 is 0.774 bits per heavy atom. The lowest BCUT2D eigenvalue weighted by Gasteiger charge is -2.27. The van der Waals surface area contributed by atoms with Gasteiger partial charge in [-0.3, -0.25) is 14.5 Å². The number of carbonyl (C=O) groups is 2. The third-order valence-corrected chi connectivity index (χ3v) is 5.72. The zero-order valence-electron chi connectivity index (χ0n) is 16.7. The van der Waals surface area contributed by atoms with E-state index in [0.29, 0.717) is 35.5 Å². The lowest BCUT2D eigenvalue weighted by Crippen LogP contribution is -2.41. The van der Waals surface area contributed by atoms with Crippen LogP contribution < -0.4 is 5.32 Å². The fourth-order valence-corrected chi connectivity index (χ4v) is 4.24.